The second-order valence-electron chi connectivity index (χ2n) is 3.03. The van der Waals surface area contributed by atoms with Crippen LogP contribution in [-0.4, -0.2) is 18.4 Å². The molecule has 0 aliphatic rings. The van der Waals surface area contributed by atoms with Crippen molar-refractivity contribution in [3.63, 3.8) is 0 Å². The molecule has 1 aromatic carbocycles. The first-order valence-corrected chi connectivity index (χ1v) is 4.53. The quantitative estimate of drug-likeness (QED) is 0.614. The smallest absolute Gasteiger partial charge is 0.252 e. The molecule has 5 heteroatoms. The van der Waals surface area contributed by atoms with Crippen molar-refractivity contribution in [1.82, 2.24) is 5.32 Å². The van der Waals surface area contributed by atoms with Gasteiger partial charge in [-0.2, -0.15) is 0 Å². The Labute approximate surface area is 87.4 Å². The molecular weight excluding hydrogens is 194 g/mol. The van der Waals surface area contributed by atoms with Crippen LogP contribution in [0.4, 0.5) is 5.69 Å². The lowest BCUT2D eigenvalue weighted by Crippen LogP contribution is -2.26. The zero-order valence-electron chi connectivity index (χ0n) is 8.41. The number of nitrogens with two attached hydrogens (primary N) is 2. The van der Waals surface area contributed by atoms with Crippen molar-refractivity contribution in [2.75, 3.05) is 12.3 Å². The topological polar surface area (TPSA) is 98.2 Å². The van der Waals surface area contributed by atoms with E-state index in [1.165, 1.54) is 18.2 Å². The van der Waals surface area contributed by atoms with Crippen LogP contribution in [0.15, 0.2) is 18.2 Å². The average Bonchev–Trinajstić information content (AvgIpc) is 2.17. The van der Waals surface area contributed by atoms with Gasteiger partial charge in [0.15, 0.2) is 0 Å². The summed E-state index contributed by atoms with van der Waals surface area (Å²) in [5.74, 6) is -0.991. The van der Waals surface area contributed by atoms with Crippen molar-refractivity contribution in [2.45, 2.75) is 6.92 Å². The van der Waals surface area contributed by atoms with Crippen molar-refractivity contribution in [2.24, 2.45) is 5.73 Å². The van der Waals surface area contributed by atoms with Crippen LogP contribution in [0, 0.1) is 0 Å². The third kappa shape index (κ3) is 2.46. The molecule has 1 aromatic rings. The SMILES string of the molecule is CCNC(=O)c1cc(N)ccc1C(N)=O. The minimum absolute atomic E-state index is 0.176. The van der Waals surface area contributed by atoms with Crippen LogP contribution >= 0.6 is 0 Å². The van der Waals surface area contributed by atoms with E-state index in [1.807, 2.05) is 0 Å². The Morgan fingerprint density at radius 2 is 2.00 bits per heavy atom. The van der Waals surface area contributed by atoms with E-state index < -0.39 is 5.91 Å². The summed E-state index contributed by atoms with van der Waals surface area (Å²) in [6.07, 6.45) is 0. The summed E-state index contributed by atoms with van der Waals surface area (Å²) in [5, 5.41) is 2.58. The predicted molar refractivity (Wildman–Crippen MR) is 57.4 cm³/mol. The van der Waals surface area contributed by atoms with E-state index in [2.05, 4.69) is 5.32 Å². The van der Waals surface area contributed by atoms with Gasteiger partial charge in [0.25, 0.3) is 5.91 Å². The average molecular weight is 207 g/mol. The number of benzene rings is 1. The molecule has 0 saturated carbocycles. The Kier molecular flexibility index (Phi) is 3.28. The van der Waals surface area contributed by atoms with Crippen LogP contribution in [0.3, 0.4) is 0 Å². The summed E-state index contributed by atoms with van der Waals surface area (Å²) in [5.41, 5.74) is 11.5. The molecule has 0 saturated heterocycles. The molecule has 0 heterocycles. The highest BCUT2D eigenvalue weighted by Gasteiger charge is 2.14. The fraction of sp³-hybridized carbons (Fsp3) is 0.200. The summed E-state index contributed by atoms with van der Waals surface area (Å²) in [4.78, 5) is 22.6. The second kappa shape index (κ2) is 4.45. The van der Waals surface area contributed by atoms with E-state index in [0.717, 1.165) is 0 Å². The lowest BCUT2D eigenvalue weighted by atomic mass is 10.1. The van der Waals surface area contributed by atoms with Gasteiger partial charge in [0.05, 0.1) is 11.1 Å². The summed E-state index contributed by atoms with van der Waals surface area (Å²) in [7, 11) is 0. The number of nitrogens with one attached hydrogen (secondary N) is 1. The molecule has 0 aliphatic carbocycles. The Balaban J connectivity index is 3.18. The van der Waals surface area contributed by atoms with Crippen molar-refractivity contribution in [3.8, 4) is 0 Å². The first-order chi connectivity index (χ1) is 7.06. The van der Waals surface area contributed by atoms with Gasteiger partial charge in [-0.25, -0.2) is 0 Å². The fourth-order valence-corrected chi connectivity index (χ4v) is 1.22. The van der Waals surface area contributed by atoms with Crippen LogP contribution in [-0.2, 0) is 0 Å². The maximum Gasteiger partial charge on any atom is 0.252 e. The minimum atomic E-state index is -0.642. The lowest BCUT2D eigenvalue weighted by Gasteiger charge is -2.07. The molecule has 0 aromatic heterocycles. The molecule has 0 bridgehead atoms. The Bertz CT molecular complexity index is 402. The van der Waals surface area contributed by atoms with Crippen molar-refractivity contribution < 1.29 is 9.59 Å². The van der Waals surface area contributed by atoms with Crippen LogP contribution < -0.4 is 16.8 Å². The van der Waals surface area contributed by atoms with Crippen molar-refractivity contribution in [1.29, 1.82) is 0 Å². The molecule has 2 amide bonds. The number of primary amides is 1. The van der Waals surface area contributed by atoms with E-state index in [-0.39, 0.29) is 17.0 Å². The van der Waals surface area contributed by atoms with Gasteiger partial charge in [-0.05, 0) is 25.1 Å². The first-order valence-electron chi connectivity index (χ1n) is 4.53. The molecule has 5 nitrogen and oxygen atoms in total. The fourth-order valence-electron chi connectivity index (χ4n) is 1.22. The Hall–Kier alpha value is -2.04. The third-order valence-corrected chi connectivity index (χ3v) is 1.89. The summed E-state index contributed by atoms with van der Waals surface area (Å²) < 4.78 is 0. The van der Waals surface area contributed by atoms with Gasteiger partial charge >= 0.3 is 0 Å². The predicted octanol–water partition coefficient (Wildman–Crippen LogP) is 0.117. The molecule has 0 fully saturated rings. The van der Waals surface area contributed by atoms with E-state index in [0.29, 0.717) is 12.2 Å². The van der Waals surface area contributed by atoms with E-state index >= 15 is 0 Å². The molecule has 80 valence electrons. The highest BCUT2D eigenvalue weighted by molar-refractivity contribution is 6.07. The normalized spacial score (nSPS) is 9.67. The van der Waals surface area contributed by atoms with Gasteiger partial charge in [0, 0.05) is 12.2 Å². The third-order valence-electron chi connectivity index (χ3n) is 1.89. The maximum absolute atomic E-state index is 11.5. The molecule has 5 N–H and O–H groups in total. The van der Waals surface area contributed by atoms with Gasteiger partial charge < -0.3 is 16.8 Å². The Morgan fingerprint density at radius 3 is 2.53 bits per heavy atom. The van der Waals surface area contributed by atoms with Crippen LogP contribution in [0.25, 0.3) is 0 Å². The van der Waals surface area contributed by atoms with Crippen LogP contribution in [0.2, 0.25) is 0 Å². The van der Waals surface area contributed by atoms with Gasteiger partial charge in [-0.1, -0.05) is 0 Å². The number of hydrogen-bond donors (Lipinski definition) is 3. The molecule has 15 heavy (non-hydrogen) atoms. The first kappa shape index (κ1) is 11.0. The monoisotopic (exact) mass is 207 g/mol. The Morgan fingerprint density at radius 1 is 1.33 bits per heavy atom. The number of anilines is 1. The molecule has 0 aliphatic heterocycles. The summed E-state index contributed by atoms with van der Waals surface area (Å²) in [6, 6.07) is 4.41. The minimum Gasteiger partial charge on any atom is -0.399 e. The molecule has 0 atom stereocenters. The van der Waals surface area contributed by atoms with Crippen LogP contribution in [0.5, 0.6) is 0 Å². The van der Waals surface area contributed by atoms with E-state index in [4.69, 9.17) is 11.5 Å². The highest BCUT2D eigenvalue weighted by atomic mass is 16.2. The van der Waals surface area contributed by atoms with Gasteiger partial charge in [0.2, 0.25) is 5.91 Å². The number of nitrogen functional groups attached to an aromatic ring is 1. The number of hydrogen-bond acceptors (Lipinski definition) is 3. The van der Waals surface area contributed by atoms with Gasteiger partial charge in [-0.3, -0.25) is 9.59 Å². The molecule has 1 rings (SSSR count). The zero-order valence-corrected chi connectivity index (χ0v) is 8.41. The summed E-state index contributed by atoms with van der Waals surface area (Å²) >= 11 is 0. The van der Waals surface area contributed by atoms with Crippen molar-refractivity contribution in [3.05, 3.63) is 29.3 Å². The maximum atomic E-state index is 11.5. The largest absolute Gasteiger partial charge is 0.399 e. The van der Waals surface area contributed by atoms with Crippen molar-refractivity contribution >= 4 is 17.5 Å². The van der Waals surface area contributed by atoms with Gasteiger partial charge in [-0.15, -0.1) is 0 Å². The molecule has 0 radical (unpaired) electrons. The summed E-state index contributed by atoms with van der Waals surface area (Å²) in [6.45, 7) is 2.26. The molecular formula is C10H13N3O2. The second-order valence-corrected chi connectivity index (χ2v) is 3.03. The zero-order chi connectivity index (χ0) is 11.4. The van der Waals surface area contributed by atoms with Gasteiger partial charge in [0.1, 0.15) is 0 Å². The standard InChI is InChI=1S/C10H13N3O2/c1-2-13-10(15)8-5-6(11)3-4-7(8)9(12)14/h3-5H,2,11H2,1H3,(H2,12,14)(H,13,15). The van der Waals surface area contributed by atoms with E-state index in [1.54, 1.807) is 6.92 Å². The number of amides is 2. The molecule has 0 unspecified atom stereocenters. The number of carbonyl (C=O) groups excluding carboxylic acids is 2. The van der Waals surface area contributed by atoms with E-state index in [9.17, 15) is 9.59 Å². The number of rotatable bonds is 3. The highest BCUT2D eigenvalue weighted by Crippen LogP contribution is 2.13. The number of carbonyl (C=O) groups is 2. The lowest BCUT2D eigenvalue weighted by molar-refractivity contribution is 0.0938. The van der Waals surface area contributed by atoms with Crippen LogP contribution in [0.1, 0.15) is 27.6 Å². The molecule has 0 spiro atoms.